The summed E-state index contributed by atoms with van der Waals surface area (Å²) in [6.07, 6.45) is 0.976. The fourth-order valence-electron chi connectivity index (χ4n) is 1.71. The van der Waals surface area contributed by atoms with Crippen LogP contribution in [0.4, 0.5) is 0 Å². The van der Waals surface area contributed by atoms with Crippen molar-refractivity contribution >= 4 is 5.91 Å². The maximum absolute atomic E-state index is 11.8. The molecule has 0 aliphatic carbocycles. The number of hydrogen-bond donors (Lipinski definition) is 2. The molecule has 0 saturated carbocycles. The summed E-state index contributed by atoms with van der Waals surface area (Å²) in [6, 6.07) is 0.258. The second-order valence-corrected chi connectivity index (χ2v) is 4.55. The first-order chi connectivity index (χ1) is 7.08. The Labute approximate surface area is 92.2 Å². The van der Waals surface area contributed by atoms with Gasteiger partial charge in [-0.25, -0.2) is 0 Å². The van der Waals surface area contributed by atoms with E-state index in [0.717, 1.165) is 26.1 Å². The van der Waals surface area contributed by atoms with Crippen molar-refractivity contribution in [3.05, 3.63) is 0 Å². The van der Waals surface area contributed by atoms with Crippen molar-refractivity contribution < 1.29 is 4.79 Å². The van der Waals surface area contributed by atoms with Gasteiger partial charge in [-0.05, 0) is 32.7 Å². The van der Waals surface area contributed by atoms with Gasteiger partial charge in [0.1, 0.15) is 0 Å². The molecule has 3 N–H and O–H groups in total. The lowest BCUT2D eigenvalue weighted by Crippen LogP contribution is -2.58. The van der Waals surface area contributed by atoms with E-state index in [9.17, 15) is 4.79 Å². The van der Waals surface area contributed by atoms with Gasteiger partial charge in [-0.2, -0.15) is 0 Å². The third-order valence-corrected chi connectivity index (χ3v) is 3.25. The lowest BCUT2D eigenvalue weighted by atomic mass is 9.98. The minimum atomic E-state index is -0.0122. The molecule has 1 heterocycles. The van der Waals surface area contributed by atoms with E-state index in [0.29, 0.717) is 5.92 Å². The van der Waals surface area contributed by atoms with Crippen LogP contribution < -0.4 is 11.1 Å². The van der Waals surface area contributed by atoms with Crippen molar-refractivity contribution in [2.75, 3.05) is 19.6 Å². The van der Waals surface area contributed by atoms with Gasteiger partial charge in [0.05, 0.1) is 6.04 Å². The summed E-state index contributed by atoms with van der Waals surface area (Å²) in [5.74, 6) is 0.726. The molecule has 1 fully saturated rings. The molecule has 0 aromatic heterocycles. The van der Waals surface area contributed by atoms with E-state index < -0.39 is 0 Å². The lowest BCUT2D eigenvalue weighted by molar-refractivity contribution is -0.129. The Morgan fingerprint density at radius 3 is 2.60 bits per heavy atom. The average molecular weight is 213 g/mol. The van der Waals surface area contributed by atoms with Crippen LogP contribution in [0.5, 0.6) is 0 Å². The standard InChI is InChI=1S/C11H23N3O/c1-4-8(2)13-11(15)9(3)14-6-10(5-12)7-14/h8-10H,4-7,12H2,1-3H3,(H,13,15). The SMILES string of the molecule is CCC(C)NC(=O)C(C)N1CC(CN)C1. The molecule has 0 aromatic carbocycles. The number of hydrogen-bond acceptors (Lipinski definition) is 3. The molecule has 4 heteroatoms. The number of nitrogens with two attached hydrogens (primary N) is 1. The van der Waals surface area contributed by atoms with Gasteiger partial charge in [0, 0.05) is 19.1 Å². The maximum atomic E-state index is 11.8. The Bertz CT molecular complexity index is 214. The van der Waals surface area contributed by atoms with E-state index >= 15 is 0 Å². The molecule has 4 nitrogen and oxygen atoms in total. The molecule has 2 unspecified atom stereocenters. The normalized spacial score (nSPS) is 21.9. The van der Waals surface area contributed by atoms with Crippen LogP contribution in [0.25, 0.3) is 0 Å². The van der Waals surface area contributed by atoms with Gasteiger partial charge in [-0.15, -0.1) is 0 Å². The number of amides is 1. The van der Waals surface area contributed by atoms with Crippen LogP contribution >= 0.6 is 0 Å². The minimum Gasteiger partial charge on any atom is -0.352 e. The highest BCUT2D eigenvalue weighted by molar-refractivity contribution is 5.81. The summed E-state index contributed by atoms with van der Waals surface area (Å²) in [5, 5.41) is 3.00. The quantitative estimate of drug-likeness (QED) is 0.685. The zero-order valence-electron chi connectivity index (χ0n) is 9.99. The Balaban J connectivity index is 2.28. The Morgan fingerprint density at radius 1 is 1.53 bits per heavy atom. The number of carbonyl (C=O) groups excluding carboxylic acids is 1. The van der Waals surface area contributed by atoms with E-state index in [2.05, 4.69) is 17.1 Å². The molecule has 1 aliphatic rings. The molecule has 1 amide bonds. The van der Waals surface area contributed by atoms with E-state index in [1.165, 1.54) is 0 Å². The number of carbonyl (C=O) groups is 1. The third kappa shape index (κ3) is 3.18. The summed E-state index contributed by atoms with van der Waals surface area (Å²) < 4.78 is 0. The van der Waals surface area contributed by atoms with E-state index in [1.54, 1.807) is 0 Å². The summed E-state index contributed by atoms with van der Waals surface area (Å²) in [4.78, 5) is 13.9. The summed E-state index contributed by atoms with van der Waals surface area (Å²) >= 11 is 0. The smallest absolute Gasteiger partial charge is 0.237 e. The summed E-state index contributed by atoms with van der Waals surface area (Å²) in [6.45, 7) is 8.73. The second kappa shape index (κ2) is 5.47. The largest absolute Gasteiger partial charge is 0.352 e. The molecule has 1 saturated heterocycles. The molecule has 15 heavy (non-hydrogen) atoms. The molecule has 0 radical (unpaired) electrons. The summed E-state index contributed by atoms with van der Waals surface area (Å²) in [5.41, 5.74) is 5.55. The van der Waals surface area contributed by atoms with E-state index in [-0.39, 0.29) is 18.0 Å². The Hall–Kier alpha value is -0.610. The van der Waals surface area contributed by atoms with Crippen LogP contribution in [0.1, 0.15) is 27.2 Å². The molecule has 0 aromatic rings. The Kier molecular flexibility index (Phi) is 4.54. The zero-order chi connectivity index (χ0) is 11.4. The van der Waals surface area contributed by atoms with Gasteiger partial charge < -0.3 is 11.1 Å². The lowest BCUT2D eigenvalue weighted by Gasteiger charge is -2.42. The maximum Gasteiger partial charge on any atom is 0.237 e. The second-order valence-electron chi connectivity index (χ2n) is 4.55. The number of likely N-dealkylation sites (tertiary alicyclic amines) is 1. The van der Waals surface area contributed by atoms with Gasteiger partial charge in [-0.3, -0.25) is 9.69 Å². The van der Waals surface area contributed by atoms with Crippen molar-refractivity contribution in [3.63, 3.8) is 0 Å². The Morgan fingerprint density at radius 2 is 2.13 bits per heavy atom. The van der Waals surface area contributed by atoms with Crippen LogP contribution in [-0.2, 0) is 4.79 Å². The number of nitrogens with zero attached hydrogens (tertiary/aromatic N) is 1. The first-order valence-corrected chi connectivity index (χ1v) is 5.83. The van der Waals surface area contributed by atoms with Crippen LogP contribution in [0.3, 0.4) is 0 Å². The van der Waals surface area contributed by atoms with Crippen LogP contribution in [0, 0.1) is 5.92 Å². The van der Waals surface area contributed by atoms with Gasteiger partial charge >= 0.3 is 0 Å². The first-order valence-electron chi connectivity index (χ1n) is 5.83. The van der Waals surface area contributed by atoms with Crippen LogP contribution in [0.2, 0.25) is 0 Å². The van der Waals surface area contributed by atoms with Crippen molar-refractivity contribution in [2.24, 2.45) is 11.7 Å². The number of rotatable bonds is 5. The van der Waals surface area contributed by atoms with Crippen molar-refractivity contribution in [1.29, 1.82) is 0 Å². The van der Waals surface area contributed by atoms with Crippen molar-refractivity contribution in [2.45, 2.75) is 39.3 Å². The van der Waals surface area contributed by atoms with E-state index in [4.69, 9.17) is 5.73 Å². The van der Waals surface area contributed by atoms with Gasteiger partial charge in [0.25, 0.3) is 0 Å². The van der Waals surface area contributed by atoms with Crippen molar-refractivity contribution in [1.82, 2.24) is 10.2 Å². The fourth-order valence-corrected chi connectivity index (χ4v) is 1.71. The first kappa shape index (κ1) is 12.5. The average Bonchev–Trinajstić information content (AvgIpc) is 2.15. The van der Waals surface area contributed by atoms with Crippen molar-refractivity contribution in [3.8, 4) is 0 Å². The van der Waals surface area contributed by atoms with Gasteiger partial charge in [0.15, 0.2) is 0 Å². The predicted octanol–water partition coefficient (Wildman–Crippen LogP) is 0.180. The highest BCUT2D eigenvalue weighted by atomic mass is 16.2. The number of nitrogens with one attached hydrogen (secondary N) is 1. The third-order valence-electron chi connectivity index (χ3n) is 3.25. The van der Waals surface area contributed by atoms with Gasteiger partial charge in [0.2, 0.25) is 5.91 Å². The van der Waals surface area contributed by atoms with E-state index in [1.807, 2.05) is 13.8 Å². The highest BCUT2D eigenvalue weighted by Crippen LogP contribution is 2.17. The van der Waals surface area contributed by atoms with Gasteiger partial charge in [-0.1, -0.05) is 6.92 Å². The molecule has 0 bridgehead atoms. The van der Waals surface area contributed by atoms with Crippen LogP contribution in [-0.4, -0.2) is 42.5 Å². The fraction of sp³-hybridized carbons (Fsp3) is 0.909. The monoisotopic (exact) mass is 213 g/mol. The minimum absolute atomic E-state index is 0.0122. The zero-order valence-corrected chi connectivity index (χ0v) is 9.99. The molecule has 1 rings (SSSR count). The molecule has 1 aliphatic heterocycles. The topological polar surface area (TPSA) is 58.4 Å². The molecule has 2 atom stereocenters. The molecule has 0 spiro atoms. The highest BCUT2D eigenvalue weighted by Gasteiger charge is 2.32. The molecule has 88 valence electrons. The predicted molar refractivity (Wildman–Crippen MR) is 61.5 cm³/mol. The molecular weight excluding hydrogens is 190 g/mol. The van der Waals surface area contributed by atoms with Crippen LogP contribution in [0.15, 0.2) is 0 Å². The molecular formula is C11H23N3O. The summed E-state index contributed by atoms with van der Waals surface area (Å²) in [7, 11) is 0.